The first-order valence-electron chi connectivity index (χ1n) is 4.98. The maximum absolute atomic E-state index is 9.21. The Kier molecular flexibility index (Phi) is 4.30. The van der Waals surface area contributed by atoms with Crippen LogP contribution in [0.2, 0.25) is 0 Å². The Balaban J connectivity index is 2.76. The van der Waals surface area contributed by atoms with Gasteiger partial charge in [0.05, 0.1) is 6.07 Å². The van der Waals surface area contributed by atoms with Crippen LogP contribution >= 0.6 is 27.7 Å². The molecule has 1 saturated heterocycles. The van der Waals surface area contributed by atoms with Gasteiger partial charge in [0, 0.05) is 16.1 Å². The fourth-order valence-electron chi connectivity index (χ4n) is 1.84. The average molecular weight is 277 g/mol. The molecule has 4 unspecified atom stereocenters. The molecular weight excluding hydrogens is 260 g/mol. The number of alkyl halides is 1. The molecule has 1 N–H and O–H groups in total. The summed E-state index contributed by atoms with van der Waals surface area (Å²) in [6.07, 6.45) is 1.07. The van der Waals surface area contributed by atoms with E-state index in [1.165, 1.54) is 0 Å². The molecule has 1 aliphatic heterocycles. The van der Waals surface area contributed by atoms with Crippen molar-refractivity contribution in [1.82, 2.24) is 5.32 Å². The Morgan fingerprint density at radius 2 is 2.36 bits per heavy atom. The zero-order chi connectivity index (χ0) is 10.8. The third kappa shape index (κ3) is 2.44. The van der Waals surface area contributed by atoms with Crippen LogP contribution in [0.5, 0.6) is 0 Å². The van der Waals surface area contributed by atoms with E-state index >= 15 is 0 Å². The molecule has 0 aromatic rings. The fraction of sp³-hybridized carbons (Fsp3) is 0.900. The number of nitrogens with zero attached hydrogens (tertiary/aromatic N) is 1. The van der Waals surface area contributed by atoms with Crippen LogP contribution in [0.4, 0.5) is 0 Å². The summed E-state index contributed by atoms with van der Waals surface area (Å²) >= 11 is 5.53. The summed E-state index contributed by atoms with van der Waals surface area (Å²) in [5, 5.41) is 13.0. The van der Waals surface area contributed by atoms with E-state index in [2.05, 4.69) is 41.2 Å². The maximum atomic E-state index is 9.21. The van der Waals surface area contributed by atoms with E-state index < -0.39 is 0 Å². The molecule has 0 spiro atoms. The summed E-state index contributed by atoms with van der Waals surface area (Å²) in [6.45, 7) is 6.28. The predicted octanol–water partition coefficient (Wildman–Crippen LogP) is 2.54. The number of piperidine rings is 1. The van der Waals surface area contributed by atoms with Gasteiger partial charge in [-0.2, -0.15) is 17.0 Å². The number of rotatable bonds is 2. The molecule has 0 saturated carbocycles. The van der Waals surface area contributed by atoms with Gasteiger partial charge in [-0.15, -0.1) is 0 Å². The summed E-state index contributed by atoms with van der Waals surface area (Å²) < 4.78 is 0. The molecule has 0 aromatic heterocycles. The Morgan fingerprint density at radius 1 is 1.71 bits per heavy atom. The molecule has 1 rings (SSSR count). The van der Waals surface area contributed by atoms with Crippen molar-refractivity contribution < 1.29 is 0 Å². The number of hydrogen-bond acceptors (Lipinski definition) is 3. The van der Waals surface area contributed by atoms with Crippen molar-refractivity contribution in [1.29, 1.82) is 5.26 Å². The lowest BCUT2D eigenvalue weighted by Crippen LogP contribution is -2.60. The largest absolute Gasteiger partial charge is 0.295 e. The molecule has 14 heavy (non-hydrogen) atoms. The quantitative estimate of drug-likeness (QED) is 0.788. The number of nitrogens with one attached hydrogen (secondary N) is 1. The van der Waals surface area contributed by atoms with Crippen LogP contribution in [0.15, 0.2) is 0 Å². The minimum absolute atomic E-state index is 0.369. The Morgan fingerprint density at radius 3 is 2.86 bits per heavy atom. The number of thioether (sulfide) groups is 1. The second-order valence-electron chi connectivity index (χ2n) is 3.94. The molecule has 1 fully saturated rings. The molecule has 4 atom stereocenters. The van der Waals surface area contributed by atoms with Gasteiger partial charge in [0.15, 0.2) is 0 Å². The molecule has 0 radical (unpaired) electrons. The van der Waals surface area contributed by atoms with E-state index in [4.69, 9.17) is 0 Å². The topological polar surface area (TPSA) is 35.8 Å². The van der Waals surface area contributed by atoms with E-state index in [1.807, 2.05) is 18.7 Å². The van der Waals surface area contributed by atoms with Gasteiger partial charge in [0.1, 0.15) is 5.54 Å². The minimum atomic E-state index is -0.371. The first-order valence-corrected chi connectivity index (χ1v) is 6.94. The molecule has 2 nitrogen and oxygen atoms in total. The molecule has 1 heterocycles. The first-order chi connectivity index (χ1) is 6.53. The SMILES string of the molecule is CCSC1CC(Br)C(C)NC1(C)C#N. The van der Waals surface area contributed by atoms with Crippen LogP contribution in [-0.4, -0.2) is 27.4 Å². The van der Waals surface area contributed by atoms with Crippen LogP contribution in [-0.2, 0) is 0 Å². The first kappa shape index (κ1) is 12.4. The Labute approximate surface area is 99.0 Å². The van der Waals surface area contributed by atoms with Gasteiger partial charge in [0.2, 0.25) is 0 Å². The van der Waals surface area contributed by atoms with E-state index in [0.29, 0.717) is 16.1 Å². The van der Waals surface area contributed by atoms with Crippen LogP contribution < -0.4 is 5.32 Å². The third-order valence-corrected chi connectivity index (χ3v) is 5.32. The maximum Gasteiger partial charge on any atom is 0.116 e. The van der Waals surface area contributed by atoms with Gasteiger partial charge in [-0.25, -0.2) is 0 Å². The van der Waals surface area contributed by atoms with Crippen molar-refractivity contribution in [2.24, 2.45) is 0 Å². The van der Waals surface area contributed by atoms with Crippen LogP contribution in [0.25, 0.3) is 0 Å². The van der Waals surface area contributed by atoms with E-state index in [-0.39, 0.29) is 5.54 Å². The fourth-order valence-corrected chi connectivity index (χ4v) is 3.79. The zero-order valence-corrected chi connectivity index (χ0v) is 11.3. The monoisotopic (exact) mass is 276 g/mol. The van der Waals surface area contributed by atoms with Crippen molar-refractivity contribution in [2.75, 3.05) is 5.75 Å². The molecule has 4 heteroatoms. The standard InChI is InChI=1S/C10H17BrN2S/c1-4-14-9-5-8(11)7(2)13-10(9,3)6-12/h7-9,13H,4-5H2,1-3H3. The van der Waals surface area contributed by atoms with Gasteiger partial charge in [0.25, 0.3) is 0 Å². The number of nitriles is 1. The predicted molar refractivity (Wildman–Crippen MR) is 65.9 cm³/mol. The summed E-state index contributed by atoms with van der Waals surface area (Å²) in [5.41, 5.74) is -0.371. The molecule has 1 aliphatic rings. The van der Waals surface area contributed by atoms with Crippen molar-refractivity contribution in [3.05, 3.63) is 0 Å². The van der Waals surface area contributed by atoms with Crippen molar-refractivity contribution in [3.8, 4) is 6.07 Å². The van der Waals surface area contributed by atoms with E-state index in [1.54, 1.807) is 0 Å². The second kappa shape index (κ2) is 4.87. The summed E-state index contributed by atoms with van der Waals surface area (Å²) in [5.74, 6) is 1.07. The van der Waals surface area contributed by atoms with Gasteiger partial charge >= 0.3 is 0 Å². The number of hydrogen-bond donors (Lipinski definition) is 1. The molecular formula is C10H17BrN2S. The lowest BCUT2D eigenvalue weighted by atomic mass is 9.88. The molecule has 0 bridgehead atoms. The highest BCUT2D eigenvalue weighted by atomic mass is 79.9. The van der Waals surface area contributed by atoms with Crippen molar-refractivity contribution in [3.63, 3.8) is 0 Å². The highest BCUT2D eigenvalue weighted by Crippen LogP contribution is 2.34. The summed E-state index contributed by atoms with van der Waals surface area (Å²) in [4.78, 5) is 0.480. The van der Waals surface area contributed by atoms with Crippen LogP contribution in [0.3, 0.4) is 0 Å². The van der Waals surface area contributed by atoms with Crippen LogP contribution in [0.1, 0.15) is 27.2 Å². The van der Waals surface area contributed by atoms with Crippen LogP contribution in [0, 0.1) is 11.3 Å². The van der Waals surface area contributed by atoms with E-state index in [9.17, 15) is 5.26 Å². The highest BCUT2D eigenvalue weighted by molar-refractivity contribution is 9.09. The normalized spacial score (nSPS) is 43.2. The minimum Gasteiger partial charge on any atom is -0.295 e. The van der Waals surface area contributed by atoms with Crippen molar-refractivity contribution >= 4 is 27.7 Å². The average Bonchev–Trinajstić information content (AvgIpc) is 2.15. The van der Waals surface area contributed by atoms with Gasteiger partial charge in [-0.1, -0.05) is 22.9 Å². The molecule has 0 aromatic carbocycles. The van der Waals surface area contributed by atoms with Gasteiger partial charge in [-0.05, 0) is 26.0 Å². The Hall–Kier alpha value is 0.280. The summed E-state index contributed by atoms with van der Waals surface area (Å²) in [6, 6.07) is 2.78. The van der Waals surface area contributed by atoms with Gasteiger partial charge < -0.3 is 0 Å². The highest BCUT2D eigenvalue weighted by Gasteiger charge is 2.42. The van der Waals surface area contributed by atoms with Gasteiger partial charge in [-0.3, -0.25) is 5.32 Å². The molecule has 0 aliphatic carbocycles. The van der Waals surface area contributed by atoms with Crippen molar-refractivity contribution in [2.45, 2.75) is 48.8 Å². The number of halogens is 1. The smallest absolute Gasteiger partial charge is 0.116 e. The lowest BCUT2D eigenvalue weighted by molar-refractivity contribution is 0.311. The lowest BCUT2D eigenvalue weighted by Gasteiger charge is -2.42. The molecule has 80 valence electrons. The molecule has 0 amide bonds. The Bertz CT molecular complexity index is 241. The van der Waals surface area contributed by atoms with E-state index in [0.717, 1.165) is 12.2 Å². The summed E-state index contributed by atoms with van der Waals surface area (Å²) in [7, 11) is 0. The third-order valence-electron chi connectivity index (χ3n) is 2.75. The zero-order valence-electron chi connectivity index (χ0n) is 8.88. The second-order valence-corrected chi connectivity index (χ2v) is 6.60.